The molecular formula is C20H22N2O2. The summed E-state index contributed by atoms with van der Waals surface area (Å²) in [6, 6.07) is 13.5. The second-order valence-corrected chi connectivity index (χ2v) is 6.28. The van der Waals surface area contributed by atoms with Crippen molar-refractivity contribution in [3.63, 3.8) is 0 Å². The Morgan fingerprint density at radius 3 is 2.71 bits per heavy atom. The van der Waals surface area contributed by atoms with Crippen LogP contribution >= 0.6 is 0 Å². The predicted molar refractivity (Wildman–Crippen MR) is 96.8 cm³/mol. The number of rotatable bonds is 5. The Morgan fingerprint density at radius 1 is 1.17 bits per heavy atom. The van der Waals surface area contributed by atoms with E-state index in [0.29, 0.717) is 24.5 Å². The fraction of sp³-hybridized carbons (Fsp3) is 0.300. The smallest absolute Gasteiger partial charge is 0.261 e. The zero-order chi connectivity index (χ0) is 17.1. The van der Waals surface area contributed by atoms with Gasteiger partial charge in [0, 0.05) is 0 Å². The Bertz CT molecular complexity index is 913. The molecule has 3 rings (SSSR count). The van der Waals surface area contributed by atoms with Crippen molar-refractivity contribution in [1.82, 2.24) is 9.55 Å². The van der Waals surface area contributed by atoms with E-state index < -0.39 is 0 Å². The average Bonchev–Trinajstić information content (AvgIpc) is 2.57. The summed E-state index contributed by atoms with van der Waals surface area (Å²) in [4.78, 5) is 16.7. The molecule has 0 fully saturated rings. The van der Waals surface area contributed by atoms with Crippen LogP contribution in [0.1, 0.15) is 30.9 Å². The van der Waals surface area contributed by atoms with Crippen LogP contribution < -0.4 is 10.3 Å². The monoisotopic (exact) mass is 322 g/mol. The number of hydrogen-bond donors (Lipinski definition) is 0. The van der Waals surface area contributed by atoms with E-state index in [-0.39, 0.29) is 5.56 Å². The number of hydrogen-bond acceptors (Lipinski definition) is 3. The van der Waals surface area contributed by atoms with E-state index in [1.54, 1.807) is 17.0 Å². The molecule has 0 aliphatic carbocycles. The normalized spacial score (nSPS) is 11.2. The topological polar surface area (TPSA) is 44.1 Å². The standard InChI is InChI=1S/C20H22N2O2/c1-14(2)17-9-8-16(12-15(17)3)24-11-10-22-13-21-19-7-5-4-6-18(19)20(22)23/h4-9,12-14H,10-11H2,1-3H3. The third-order valence-electron chi connectivity index (χ3n) is 4.20. The van der Waals surface area contributed by atoms with Crippen LogP contribution in [-0.4, -0.2) is 16.2 Å². The molecule has 0 amide bonds. The maximum absolute atomic E-state index is 12.4. The third-order valence-corrected chi connectivity index (χ3v) is 4.20. The zero-order valence-electron chi connectivity index (χ0n) is 14.3. The SMILES string of the molecule is Cc1cc(OCCn2cnc3ccccc3c2=O)ccc1C(C)C. The molecule has 0 saturated heterocycles. The second-order valence-electron chi connectivity index (χ2n) is 6.28. The summed E-state index contributed by atoms with van der Waals surface area (Å²) in [6.07, 6.45) is 1.58. The molecule has 0 radical (unpaired) electrons. The number of para-hydroxylation sites is 1. The Labute approximate surface area is 141 Å². The van der Waals surface area contributed by atoms with Gasteiger partial charge in [0.1, 0.15) is 12.4 Å². The van der Waals surface area contributed by atoms with Crippen molar-refractivity contribution in [3.05, 3.63) is 70.3 Å². The Kier molecular flexibility index (Phi) is 4.65. The summed E-state index contributed by atoms with van der Waals surface area (Å²) in [6.45, 7) is 7.37. The van der Waals surface area contributed by atoms with Crippen LogP contribution in [0.4, 0.5) is 0 Å². The molecule has 0 aliphatic rings. The van der Waals surface area contributed by atoms with Crippen LogP contribution in [0.25, 0.3) is 10.9 Å². The summed E-state index contributed by atoms with van der Waals surface area (Å²) in [5.41, 5.74) is 3.25. The van der Waals surface area contributed by atoms with Crippen molar-refractivity contribution >= 4 is 10.9 Å². The fourth-order valence-corrected chi connectivity index (χ4v) is 2.91. The van der Waals surface area contributed by atoms with Crippen LogP contribution in [0.5, 0.6) is 5.75 Å². The van der Waals surface area contributed by atoms with Gasteiger partial charge in [0.25, 0.3) is 5.56 Å². The molecule has 4 heteroatoms. The van der Waals surface area contributed by atoms with Crippen molar-refractivity contribution in [3.8, 4) is 5.75 Å². The van der Waals surface area contributed by atoms with Gasteiger partial charge in [0.2, 0.25) is 0 Å². The maximum Gasteiger partial charge on any atom is 0.261 e. The summed E-state index contributed by atoms with van der Waals surface area (Å²) in [7, 11) is 0. The number of nitrogens with zero attached hydrogens (tertiary/aromatic N) is 2. The van der Waals surface area contributed by atoms with E-state index in [2.05, 4.69) is 37.9 Å². The van der Waals surface area contributed by atoms with Crippen molar-refractivity contribution < 1.29 is 4.74 Å². The lowest BCUT2D eigenvalue weighted by atomic mass is 9.98. The highest BCUT2D eigenvalue weighted by Gasteiger charge is 2.06. The Hall–Kier alpha value is -2.62. The number of aryl methyl sites for hydroxylation is 1. The van der Waals surface area contributed by atoms with E-state index in [1.807, 2.05) is 24.3 Å². The van der Waals surface area contributed by atoms with Gasteiger partial charge in [0.15, 0.2) is 0 Å². The summed E-state index contributed by atoms with van der Waals surface area (Å²) in [5, 5.41) is 0.636. The lowest BCUT2D eigenvalue weighted by Crippen LogP contribution is -2.23. The van der Waals surface area contributed by atoms with Crippen LogP contribution in [0, 0.1) is 6.92 Å². The van der Waals surface area contributed by atoms with Crippen LogP contribution in [0.15, 0.2) is 53.6 Å². The Morgan fingerprint density at radius 2 is 1.96 bits per heavy atom. The first-order valence-corrected chi connectivity index (χ1v) is 8.24. The molecule has 0 aliphatic heterocycles. The largest absolute Gasteiger partial charge is 0.492 e. The minimum atomic E-state index is -0.0319. The summed E-state index contributed by atoms with van der Waals surface area (Å²) >= 11 is 0. The van der Waals surface area contributed by atoms with Gasteiger partial charge in [-0.25, -0.2) is 4.98 Å². The van der Waals surface area contributed by atoms with Gasteiger partial charge in [-0.3, -0.25) is 9.36 Å². The highest BCUT2D eigenvalue weighted by atomic mass is 16.5. The Balaban J connectivity index is 1.70. The van der Waals surface area contributed by atoms with Crippen LogP contribution in [0.3, 0.4) is 0 Å². The number of fused-ring (bicyclic) bond motifs is 1. The minimum absolute atomic E-state index is 0.0319. The first-order chi connectivity index (χ1) is 11.6. The van der Waals surface area contributed by atoms with Crippen molar-refractivity contribution in [2.75, 3.05) is 6.61 Å². The van der Waals surface area contributed by atoms with Gasteiger partial charge in [-0.1, -0.05) is 32.0 Å². The summed E-state index contributed by atoms with van der Waals surface area (Å²) < 4.78 is 7.40. The molecular weight excluding hydrogens is 300 g/mol. The number of aromatic nitrogens is 2. The van der Waals surface area contributed by atoms with E-state index in [0.717, 1.165) is 11.3 Å². The molecule has 3 aromatic rings. The van der Waals surface area contributed by atoms with Crippen molar-refractivity contribution in [2.24, 2.45) is 0 Å². The highest BCUT2D eigenvalue weighted by molar-refractivity contribution is 5.76. The maximum atomic E-state index is 12.4. The molecule has 24 heavy (non-hydrogen) atoms. The molecule has 0 saturated carbocycles. The van der Waals surface area contributed by atoms with E-state index in [4.69, 9.17) is 4.74 Å². The van der Waals surface area contributed by atoms with Crippen LogP contribution in [-0.2, 0) is 6.54 Å². The van der Waals surface area contributed by atoms with Crippen molar-refractivity contribution in [2.45, 2.75) is 33.2 Å². The first kappa shape index (κ1) is 16.2. The fourth-order valence-electron chi connectivity index (χ4n) is 2.91. The highest BCUT2D eigenvalue weighted by Crippen LogP contribution is 2.23. The zero-order valence-corrected chi connectivity index (χ0v) is 14.3. The molecule has 0 N–H and O–H groups in total. The lowest BCUT2D eigenvalue weighted by molar-refractivity contribution is 0.295. The molecule has 0 bridgehead atoms. The minimum Gasteiger partial charge on any atom is -0.492 e. The van der Waals surface area contributed by atoms with Crippen LogP contribution in [0.2, 0.25) is 0 Å². The molecule has 1 aromatic heterocycles. The molecule has 0 spiro atoms. The molecule has 124 valence electrons. The lowest BCUT2D eigenvalue weighted by Gasteiger charge is -2.13. The van der Waals surface area contributed by atoms with E-state index >= 15 is 0 Å². The third kappa shape index (κ3) is 3.32. The molecule has 1 heterocycles. The van der Waals surface area contributed by atoms with Crippen molar-refractivity contribution in [1.29, 1.82) is 0 Å². The van der Waals surface area contributed by atoms with E-state index in [1.165, 1.54) is 11.1 Å². The van der Waals surface area contributed by atoms with Gasteiger partial charge in [0.05, 0.1) is 23.8 Å². The quantitative estimate of drug-likeness (QED) is 0.715. The number of benzene rings is 2. The number of ether oxygens (including phenoxy) is 1. The summed E-state index contributed by atoms with van der Waals surface area (Å²) in [5.74, 6) is 1.33. The van der Waals surface area contributed by atoms with Gasteiger partial charge in [-0.05, 0) is 48.2 Å². The molecule has 0 atom stereocenters. The van der Waals surface area contributed by atoms with Gasteiger partial charge < -0.3 is 4.74 Å². The molecule has 4 nitrogen and oxygen atoms in total. The second kappa shape index (κ2) is 6.87. The molecule has 2 aromatic carbocycles. The average molecular weight is 322 g/mol. The van der Waals surface area contributed by atoms with Gasteiger partial charge >= 0.3 is 0 Å². The predicted octanol–water partition coefficient (Wildman–Crippen LogP) is 3.91. The van der Waals surface area contributed by atoms with E-state index in [9.17, 15) is 4.79 Å². The van der Waals surface area contributed by atoms with Gasteiger partial charge in [-0.15, -0.1) is 0 Å². The molecule has 0 unspecified atom stereocenters. The van der Waals surface area contributed by atoms with Gasteiger partial charge in [-0.2, -0.15) is 0 Å². The first-order valence-electron chi connectivity index (χ1n) is 8.24.